The maximum atomic E-state index is 13.3. The molecule has 91 heavy (non-hydrogen) atoms. The minimum Gasteiger partial charge on any atom is -0.394 e. The SMILES string of the molecule is CC/C=C\C/C=C\C/C=C\C/C=C\C/C=C\C/C=C\C/C=C\C/C=C\C/C=C\CCCCCCCCCCCCCCCC(=O)NC(COC1OC(CO)C(OC2OC(CO)C(O)C(O)C2O)C(O)C1O)C(O)/C=C/CC/C=C/CC/C=C/CCCCCCCC. The fourth-order valence-corrected chi connectivity index (χ4v) is 10.6. The van der Waals surface area contributed by atoms with Crippen molar-refractivity contribution in [2.75, 3.05) is 19.8 Å². The average molecular weight is 1270 g/mol. The van der Waals surface area contributed by atoms with Gasteiger partial charge in [0.1, 0.15) is 48.8 Å². The van der Waals surface area contributed by atoms with Crippen LogP contribution in [0.25, 0.3) is 0 Å². The van der Waals surface area contributed by atoms with Gasteiger partial charge in [0.05, 0.1) is 32.0 Å². The van der Waals surface area contributed by atoms with E-state index in [2.05, 4.69) is 153 Å². The van der Waals surface area contributed by atoms with Crippen molar-refractivity contribution in [2.24, 2.45) is 0 Å². The number of nitrogens with one attached hydrogen (secondary N) is 1. The molecule has 2 heterocycles. The number of hydrogen-bond acceptors (Lipinski definition) is 13. The highest BCUT2D eigenvalue weighted by atomic mass is 16.7. The van der Waals surface area contributed by atoms with E-state index in [0.717, 1.165) is 109 Å². The summed E-state index contributed by atoms with van der Waals surface area (Å²) in [4.78, 5) is 13.3. The van der Waals surface area contributed by atoms with Crippen molar-refractivity contribution in [2.45, 2.75) is 312 Å². The molecule has 2 saturated heterocycles. The van der Waals surface area contributed by atoms with Crippen LogP contribution in [0.5, 0.6) is 0 Å². The molecule has 9 N–H and O–H groups in total. The van der Waals surface area contributed by atoms with Crippen molar-refractivity contribution < 1.29 is 64.6 Å². The van der Waals surface area contributed by atoms with Gasteiger partial charge in [0, 0.05) is 6.42 Å². The number of amides is 1. The van der Waals surface area contributed by atoms with E-state index in [1.807, 2.05) is 6.08 Å². The molecule has 0 radical (unpaired) electrons. The molecular weight excluding hydrogens is 1150 g/mol. The summed E-state index contributed by atoms with van der Waals surface area (Å²) in [5.74, 6) is -0.260. The van der Waals surface area contributed by atoms with Crippen molar-refractivity contribution in [1.82, 2.24) is 5.32 Å². The first-order valence-corrected chi connectivity index (χ1v) is 35.6. The minimum absolute atomic E-state index is 0.260. The van der Waals surface area contributed by atoms with Gasteiger partial charge in [-0.15, -0.1) is 0 Å². The summed E-state index contributed by atoms with van der Waals surface area (Å²) < 4.78 is 22.8. The van der Waals surface area contributed by atoms with Crippen molar-refractivity contribution in [3.8, 4) is 0 Å². The largest absolute Gasteiger partial charge is 0.394 e. The molecule has 1 amide bonds. The summed E-state index contributed by atoms with van der Waals surface area (Å²) >= 11 is 0. The molecule has 0 aliphatic carbocycles. The number of carbonyl (C=O) groups is 1. The lowest BCUT2D eigenvalue weighted by Gasteiger charge is -2.46. The fraction of sp³-hybridized carbons (Fsp3) is 0.675. The van der Waals surface area contributed by atoms with E-state index in [-0.39, 0.29) is 18.9 Å². The van der Waals surface area contributed by atoms with E-state index in [9.17, 15) is 45.6 Å². The number of ether oxygens (including phenoxy) is 4. The summed E-state index contributed by atoms with van der Waals surface area (Å²) in [5.41, 5.74) is 0. The quantitative estimate of drug-likeness (QED) is 0.0204. The molecule has 0 aromatic rings. The van der Waals surface area contributed by atoms with Gasteiger partial charge in [0.15, 0.2) is 12.6 Å². The maximum absolute atomic E-state index is 13.3. The van der Waals surface area contributed by atoms with E-state index >= 15 is 0 Å². The first kappa shape index (κ1) is 83.0. The maximum Gasteiger partial charge on any atom is 0.220 e. The van der Waals surface area contributed by atoms with Gasteiger partial charge in [0.2, 0.25) is 5.91 Å². The normalized spacial score (nSPS) is 23.7. The molecule has 12 unspecified atom stereocenters. The van der Waals surface area contributed by atoms with E-state index in [1.54, 1.807) is 6.08 Å². The van der Waals surface area contributed by atoms with Crippen LogP contribution in [-0.4, -0.2) is 140 Å². The Kier molecular flexibility index (Phi) is 54.3. The van der Waals surface area contributed by atoms with Crippen LogP contribution in [0.15, 0.2) is 146 Å². The molecule has 2 rings (SSSR count). The first-order valence-electron chi connectivity index (χ1n) is 35.6. The lowest BCUT2D eigenvalue weighted by atomic mass is 9.97. The topological polar surface area (TPSA) is 228 Å². The van der Waals surface area contributed by atoms with Crippen LogP contribution in [0.1, 0.15) is 239 Å². The van der Waals surface area contributed by atoms with Crippen LogP contribution >= 0.6 is 0 Å². The van der Waals surface area contributed by atoms with Crippen LogP contribution in [-0.2, 0) is 23.7 Å². The van der Waals surface area contributed by atoms with Gasteiger partial charge in [0.25, 0.3) is 0 Å². The van der Waals surface area contributed by atoms with Gasteiger partial charge < -0.3 is 65.1 Å². The second-order valence-corrected chi connectivity index (χ2v) is 24.3. The molecule has 0 aromatic heterocycles. The molecule has 2 aliphatic heterocycles. The molecule has 0 aromatic carbocycles. The smallest absolute Gasteiger partial charge is 0.220 e. The highest BCUT2D eigenvalue weighted by molar-refractivity contribution is 5.76. The minimum atomic E-state index is -1.80. The van der Waals surface area contributed by atoms with Gasteiger partial charge in [-0.3, -0.25) is 4.79 Å². The Hall–Kier alpha value is -4.13. The van der Waals surface area contributed by atoms with Gasteiger partial charge in [-0.25, -0.2) is 0 Å². The Balaban J connectivity index is 1.62. The summed E-state index contributed by atoms with van der Waals surface area (Å²) in [6.45, 7) is 2.64. The summed E-state index contributed by atoms with van der Waals surface area (Å²) in [5, 5.41) is 87.3. The second kappa shape index (κ2) is 59.6. The zero-order valence-electron chi connectivity index (χ0n) is 56.3. The molecule has 14 nitrogen and oxygen atoms in total. The zero-order chi connectivity index (χ0) is 65.9. The average Bonchev–Trinajstić information content (AvgIpc) is 1.24. The summed E-state index contributed by atoms with van der Waals surface area (Å²) in [6, 6.07) is -0.948. The lowest BCUT2D eigenvalue weighted by Crippen LogP contribution is -2.65. The molecule has 0 bridgehead atoms. The van der Waals surface area contributed by atoms with E-state index in [0.29, 0.717) is 12.8 Å². The summed E-state index contributed by atoms with van der Waals surface area (Å²) in [6.07, 6.45) is 73.4. The van der Waals surface area contributed by atoms with E-state index in [1.165, 1.54) is 96.3 Å². The highest BCUT2D eigenvalue weighted by Crippen LogP contribution is 2.30. The van der Waals surface area contributed by atoms with E-state index in [4.69, 9.17) is 18.9 Å². The van der Waals surface area contributed by atoms with Gasteiger partial charge in [-0.1, -0.05) is 262 Å². The Bertz CT molecular complexity index is 2090. The van der Waals surface area contributed by atoms with Crippen LogP contribution in [0.2, 0.25) is 0 Å². The van der Waals surface area contributed by atoms with Crippen molar-refractivity contribution in [3.05, 3.63) is 146 Å². The number of aliphatic hydroxyl groups is 8. The number of hydrogen-bond donors (Lipinski definition) is 9. The highest BCUT2D eigenvalue weighted by Gasteiger charge is 2.51. The molecule has 518 valence electrons. The molecule has 12 atom stereocenters. The number of unbranched alkanes of at least 4 members (excludes halogenated alkanes) is 21. The predicted octanol–water partition coefficient (Wildman–Crippen LogP) is 14.8. The Morgan fingerprint density at radius 2 is 0.769 bits per heavy atom. The monoisotopic (exact) mass is 1270 g/mol. The third-order valence-electron chi connectivity index (χ3n) is 16.2. The van der Waals surface area contributed by atoms with E-state index < -0.39 is 86.8 Å². The molecule has 2 aliphatic rings. The predicted molar refractivity (Wildman–Crippen MR) is 373 cm³/mol. The number of aliphatic hydroxyl groups excluding tert-OH is 8. The van der Waals surface area contributed by atoms with Crippen molar-refractivity contribution >= 4 is 5.91 Å². The van der Waals surface area contributed by atoms with Crippen LogP contribution in [0.3, 0.4) is 0 Å². The fourth-order valence-electron chi connectivity index (χ4n) is 10.6. The first-order chi connectivity index (χ1) is 44.6. The third kappa shape index (κ3) is 43.5. The lowest BCUT2D eigenvalue weighted by molar-refractivity contribution is -0.359. The molecule has 0 spiro atoms. The molecule has 14 heteroatoms. The Morgan fingerprint density at radius 1 is 0.407 bits per heavy atom. The standard InChI is InChI=1S/C77H127NO13/c1-3-5-7-9-11-13-15-17-19-21-22-23-24-25-26-27-28-29-30-31-32-33-34-35-36-37-38-39-40-41-42-43-44-45-47-49-51-53-55-57-59-61-69(82)78-65(66(81)60-58-56-54-52-50-48-46-20-18-16-14-12-10-8-6-4-2)64-88-76-74(87)72(85)75(68(63-80)90-76)91-77-73(86)71(84)70(83)67(62-79)89-77/h5,7,11,13,17-20,22-23,25-26,28-29,31-32,34-35,37-38,50,52,58,60,65-68,70-77,79-81,83-87H,3-4,6,8-10,12,14-16,21,24,27,30,33,36,39-49,51,53-57,59,61-64H2,1-2H3,(H,78,82)/b7-5-,13-11-,19-17-,20-18+,23-22-,26-25-,29-28-,32-31-,35-34-,38-37-,52-50+,60-58+. The zero-order valence-corrected chi connectivity index (χ0v) is 56.3. The van der Waals surface area contributed by atoms with Gasteiger partial charge in [-0.2, -0.15) is 0 Å². The van der Waals surface area contributed by atoms with Crippen LogP contribution < -0.4 is 5.32 Å². The summed E-state index contributed by atoms with van der Waals surface area (Å²) in [7, 11) is 0. The Labute approximate surface area is 551 Å². The molecule has 0 saturated carbocycles. The molecular formula is C77H127NO13. The molecule has 2 fully saturated rings. The number of carbonyl (C=O) groups excluding carboxylic acids is 1. The van der Waals surface area contributed by atoms with Crippen molar-refractivity contribution in [3.63, 3.8) is 0 Å². The van der Waals surface area contributed by atoms with Gasteiger partial charge >= 0.3 is 0 Å². The third-order valence-corrected chi connectivity index (χ3v) is 16.2. The van der Waals surface area contributed by atoms with Gasteiger partial charge in [-0.05, 0) is 116 Å². The second-order valence-electron chi connectivity index (χ2n) is 24.3. The number of allylic oxidation sites excluding steroid dienone is 23. The number of rotatable bonds is 56. The van der Waals surface area contributed by atoms with Crippen molar-refractivity contribution in [1.29, 1.82) is 0 Å². The van der Waals surface area contributed by atoms with Crippen LogP contribution in [0, 0.1) is 0 Å². The van der Waals surface area contributed by atoms with Crippen LogP contribution in [0.4, 0.5) is 0 Å². The Morgan fingerprint density at radius 3 is 1.21 bits per heavy atom.